The number of aliphatic hydroxyl groups excluding tert-OH is 1. The Bertz CT molecular complexity index is 623. The smallest absolute Gasteiger partial charge is 0.246 e. The van der Waals surface area contributed by atoms with Crippen LogP contribution in [0, 0.1) is 0 Å². The molecule has 1 aromatic heterocycles. The summed E-state index contributed by atoms with van der Waals surface area (Å²) in [5.74, 6) is 1.19. The maximum atomic E-state index is 12.4. The first-order valence-electron chi connectivity index (χ1n) is 6.53. The van der Waals surface area contributed by atoms with Crippen LogP contribution in [0.25, 0.3) is 0 Å². The van der Waals surface area contributed by atoms with Crippen LogP contribution in [0.15, 0.2) is 30.3 Å². The van der Waals surface area contributed by atoms with Crippen molar-refractivity contribution in [1.29, 1.82) is 0 Å². The first kappa shape index (κ1) is 12.8. The minimum atomic E-state index is -0.386. The first-order chi connectivity index (χ1) is 9.70. The summed E-state index contributed by atoms with van der Waals surface area (Å²) < 4.78 is 1.77. The molecule has 1 aliphatic rings. The molecule has 0 unspecified atom stereocenters. The van der Waals surface area contributed by atoms with Crippen LogP contribution in [0.5, 0.6) is 0 Å². The Balaban J connectivity index is 2.00. The van der Waals surface area contributed by atoms with Gasteiger partial charge in [0.25, 0.3) is 0 Å². The highest BCUT2D eigenvalue weighted by molar-refractivity contribution is 5.81. The molecule has 2 heterocycles. The Morgan fingerprint density at radius 3 is 2.75 bits per heavy atom. The van der Waals surface area contributed by atoms with Crippen LogP contribution in [0.3, 0.4) is 0 Å². The topological polar surface area (TPSA) is 71.2 Å². The normalized spacial score (nSPS) is 18.2. The fraction of sp³-hybridized carbons (Fsp3) is 0.357. The first-order valence-corrected chi connectivity index (χ1v) is 6.53. The summed E-state index contributed by atoms with van der Waals surface area (Å²) in [5.41, 5.74) is 1.07. The lowest BCUT2D eigenvalue weighted by molar-refractivity contribution is -0.136. The van der Waals surface area contributed by atoms with Gasteiger partial charge in [0.1, 0.15) is 12.6 Å². The van der Waals surface area contributed by atoms with Gasteiger partial charge in [0.2, 0.25) is 5.91 Å². The van der Waals surface area contributed by atoms with Crippen LogP contribution < -0.4 is 0 Å². The number of nitrogens with zero attached hydrogens (tertiary/aromatic N) is 4. The molecule has 3 rings (SSSR count). The van der Waals surface area contributed by atoms with Crippen molar-refractivity contribution < 1.29 is 9.90 Å². The third-order valence-electron chi connectivity index (χ3n) is 3.60. The van der Waals surface area contributed by atoms with E-state index in [-0.39, 0.29) is 18.6 Å². The predicted molar refractivity (Wildman–Crippen MR) is 71.6 cm³/mol. The van der Waals surface area contributed by atoms with Crippen LogP contribution in [0.4, 0.5) is 0 Å². The molecular formula is C14H16N4O2. The van der Waals surface area contributed by atoms with Gasteiger partial charge in [0.15, 0.2) is 11.6 Å². The van der Waals surface area contributed by atoms with E-state index < -0.39 is 0 Å². The summed E-state index contributed by atoms with van der Waals surface area (Å²) in [6.45, 7) is 0.215. The van der Waals surface area contributed by atoms with Crippen molar-refractivity contribution in [3.05, 3.63) is 47.5 Å². The molecule has 1 aromatic carbocycles. The number of amides is 1. The maximum absolute atomic E-state index is 12.4. The fourth-order valence-electron chi connectivity index (χ4n) is 2.61. The molecule has 0 radical (unpaired) electrons. The largest absolute Gasteiger partial charge is 0.388 e. The second-order valence-corrected chi connectivity index (χ2v) is 4.96. The summed E-state index contributed by atoms with van der Waals surface area (Å²) in [4.78, 5) is 14.1. The zero-order chi connectivity index (χ0) is 14.1. The SMILES string of the molecule is CN1Cc2nnc(CO)n2[C@@H](Cc2ccccc2)C1=O. The molecule has 1 N–H and O–H groups in total. The lowest BCUT2D eigenvalue weighted by Gasteiger charge is -2.31. The average Bonchev–Trinajstić information content (AvgIpc) is 2.87. The van der Waals surface area contributed by atoms with E-state index in [0.29, 0.717) is 18.8 Å². The van der Waals surface area contributed by atoms with Crippen LogP contribution in [0.1, 0.15) is 23.3 Å². The van der Waals surface area contributed by atoms with Crippen LogP contribution in [-0.2, 0) is 24.4 Å². The Morgan fingerprint density at radius 1 is 1.30 bits per heavy atom. The lowest BCUT2D eigenvalue weighted by atomic mass is 10.0. The molecule has 20 heavy (non-hydrogen) atoms. The van der Waals surface area contributed by atoms with Crippen molar-refractivity contribution in [3.63, 3.8) is 0 Å². The third-order valence-corrected chi connectivity index (χ3v) is 3.60. The monoisotopic (exact) mass is 272 g/mol. The van der Waals surface area contributed by atoms with Gasteiger partial charge in [-0.15, -0.1) is 10.2 Å². The van der Waals surface area contributed by atoms with E-state index in [9.17, 15) is 9.90 Å². The summed E-state index contributed by atoms with van der Waals surface area (Å²) in [5, 5.41) is 17.4. The van der Waals surface area contributed by atoms with Crippen molar-refractivity contribution >= 4 is 5.91 Å². The van der Waals surface area contributed by atoms with Crippen LogP contribution in [-0.4, -0.2) is 37.7 Å². The summed E-state index contributed by atoms with van der Waals surface area (Å²) in [7, 11) is 1.76. The van der Waals surface area contributed by atoms with E-state index in [1.165, 1.54) is 0 Å². The number of likely N-dealkylation sites (N-methyl/N-ethyl adjacent to an activating group) is 1. The minimum absolute atomic E-state index is 0.0239. The standard InChI is InChI=1S/C14H16N4O2/c1-17-8-12-15-16-13(9-19)18(12)11(14(17)20)7-10-5-3-2-4-6-10/h2-6,11,19H,7-9H2,1H3/t11-/m0/s1. The Morgan fingerprint density at radius 2 is 2.05 bits per heavy atom. The maximum Gasteiger partial charge on any atom is 0.246 e. The van der Waals surface area contributed by atoms with E-state index in [1.54, 1.807) is 16.5 Å². The zero-order valence-corrected chi connectivity index (χ0v) is 11.2. The molecule has 6 heteroatoms. The highest BCUT2D eigenvalue weighted by Gasteiger charge is 2.34. The second-order valence-electron chi connectivity index (χ2n) is 4.96. The van der Waals surface area contributed by atoms with E-state index in [4.69, 9.17) is 0 Å². The highest BCUT2D eigenvalue weighted by atomic mass is 16.3. The number of aliphatic hydroxyl groups is 1. The molecule has 0 aliphatic carbocycles. The van der Waals surface area contributed by atoms with E-state index in [0.717, 1.165) is 11.4 Å². The molecule has 0 saturated heterocycles. The predicted octanol–water partition coefficient (Wildman–Crippen LogP) is 0.526. The number of carbonyl (C=O) groups excluding carboxylic acids is 1. The van der Waals surface area contributed by atoms with Crippen molar-refractivity contribution in [2.24, 2.45) is 0 Å². The van der Waals surface area contributed by atoms with Gasteiger partial charge in [-0.05, 0) is 5.56 Å². The quantitative estimate of drug-likeness (QED) is 0.884. The summed E-state index contributed by atoms with van der Waals surface area (Å²) in [6.07, 6.45) is 0.571. The molecular weight excluding hydrogens is 256 g/mol. The number of rotatable bonds is 3. The van der Waals surface area contributed by atoms with Crippen LogP contribution >= 0.6 is 0 Å². The number of fused-ring (bicyclic) bond motifs is 1. The van der Waals surface area contributed by atoms with Gasteiger partial charge in [-0.25, -0.2) is 0 Å². The highest BCUT2D eigenvalue weighted by Crippen LogP contribution is 2.25. The molecule has 2 aromatic rings. The molecule has 0 fully saturated rings. The fourth-order valence-corrected chi connectivity index (χ4v) is 2.61. The Kier molecular flexibility index (Phi) is 3.23. The van der Waals surface area contributed by atoms with Gasteiger partial charge < -0.3 is 10.0 Å². The Hall–Kier alpha value is -2.21. The van der Waals surface area contributed by atoms with Gasteiger partial charge in [0, 0.05) is 13.5 Å². The van der Waals surface area contributed by atoms with Gasteiger partial charge >= 0.3 is 0 Å². The molecule has 0 spiro atoms. The molecule has 0 saturated carbocycles. The molecule has 1 aliphatic heterocycles. The van der Waals surface area contributed by atoms with E-state index in [2.05, 4.69) is 10.2 Å². The molecule has 6 nitrogen and oxygen atoms in total. The van der Waals surface area contributed by atoms with Gasteiger partial charge in [0.05, 0.1) is 6.54 Å². The van der Waals surface area contributed by atoms with Gasteiger partial charge in [-0.3, -0.25) is 9.36 Å². The number of hydrogen-bond donors (Lipinski definition) is 1. The van der Waals surface area contributed by atoms with Crippen molar-refractivity contribution in [3.8, 4) is 0 Å². The van der Waals surface area contributed by atoms with Crippen LogP contribution in [0.2, 0.25) is 0 Å². The lowest BCUT2D eigenvalue weighted by Crippen LogP contribution is -2.41. The number of hydrogen-bond acceptors (Lipinski definition) is 4. The average molecular weight is 272 g/mol. The summed E-state index contributed by atoms with van der Waals surface area (Å²) >= 11 is 0. The number of benzene rings is 1. The van der Waals surface area contributed by atoms with Gasteiger partial charge in [-0.1, -0.05) is 30.3 Å². The molecule has 0 bridgehead atoms. The second kappa shape index (κ2) is 5.05. The number of aromatic nitrogens is 3. The third kappa shape index (κ3) is 2.08. The van der Waals surface area contributed by atoms with Crippen molar-refractivity contribution in [2.45, 2.75) is 25.6 Å². The van der Waals surface area contributed by atoms with Crippen molar-refractivity contribution in [2.75, 3.05) is 7.05 Å². The van der Waals surface area contributed by atoms with E-state index >= 15 is 0 Å². The van der Waals surface area contributed by atoms with Crippen molar-refractivity contribution in [1.82, 2.24) is 19.7 Å². The Labute approximate surface area is 116 Å². The molecule has 1 atom stereocenters. The molecule has 1 amide bonds. The summed E-state index contributed by atoms with van der Waals surface area (Å²) in [6, 6.07) is 9.44. The number of carbonyl (C=O) groups is 1. The zero-order valence-electron chi connectivity index (χ0n) is 11.2. The minimum Gasteiger partial charge on any atom is -0.388 e. The molecule has 104 valence electrons. The van der Waals surface area contributed by atoms with E-state index in [1.807, 2.05) is 30.3 Å². The van der Waals surface area contributed by atoms with Gasteiger partial charge in [-0.2, -0.15) is 0 Å².